The minimum absolute atomic E-state index is 0.00697. The molecule has 0 radical (unpaired) electrons. The highest BCUT2D eigenvalue weighted by Gasteiger charge is 2.53. The number of nitrogens with zero attached hydrogens (tertiary/aromatic N) is 1. The number of hydrogen-bond donors (Lipinski definition) is 2. The van der Waals surface area contributed by atoms with Gasteiger partial charge in [-0.1, -0.05) is 77.6 Å². The zero-order valence-corrected chi connectivity index (χ0v) is 16.2. The van der Waals surface area contributed by atoms with Crippen molar-refractivity contribution in [1.82, 2.24) is 5.32 Å². The van der Waals surface area contributed by atoms with Gasteiger partial charge in [-0.15, -0.1) is 0 Å². The number of carbonyl (C=O) groups is 1. The van der Waals surface area contributed by atoms with Crippen molar-refractivity contribution in [1.29, 1.82) is 0 Å². The zero-order chi connectivity index (χ0) is 17.7. The maximum Gasteiger partial charge on any atom is 0.233 e. The highest BCUT2D eigenvalue weighted by Crippen LogP contribution is 2.46. The molecule has 0 saturated heterocycles. The molecule has 0 atom stereocenters. The van der Waals surface area contributed by atoms with Crippen molar-refractivity contribution >= 4 is 23.5 Å². The summed E-state index contributed by atoms with van der Waals surface area (Å²) in [5, 5.41) is 2.98. The third-order valence-electron chi connectivity index (χ3n) is 5.08. The van der Waals surface area contributed by atoms with Crippen LogP contribution < -0.4 is 11.1 Å². The molecule has 0 aromatic heterocycles. The summed E-state index contributed by atoms with van der Waals surface area (Å²) in [4.78, 5) is 12.1. The van der Waals surface area contributed by atoms with Crippen LogP contribution in [-0.4, -0.2) is 18.3 Å². The number of halogens is 1. The van der Waals surface area contributed by atoms with Crippen LogP contribution in [0.4, 0.5) is 0 Å². The maximum absolute atomic E-state index is 12.1. The second-order valence-corrected chi connectivity index (χ2v) is 7.37. The summed E-state index contributed by atoms with van der Waals surface area (Å²) < 4.78 is 3.46. The summed E-state index contributed by atoms with van der Waals surface area (Å²) in [6.45, 7) is 2.99. The van der Waals surface area contributed by atoms with Crippen LogP contribution in [0.1, 0.15) is 96.8 Å². The molecule has 140 valence electrons. The third kappa shape index (κ3) is 7.87. The number of carbonyl (C=O) groups excluding carboxylic acids is 1. The Labute approximate surface area is 153 Å². The maximum atomic E-state index is 12.1. The summed E-state index contributed by atoms with van der Waals surface area (Å²) in [6.07, 6.45) is 17.4. The van der Waals surface area contributed by atoms with Gasteiger partial charge in [0.25, 0.3) is 0 Å². The Morgan fingerprint density at radius 1 is 0.958 bits per heavy atom. The van der Waals surface area contributed by atoms with Crippen LogP contribution in [0.2, 0.25) is 0 Å². The molecule has 0 aliphatic heterocycles. The number of nitrogens with two attached hydrogens (primary N) is 1. The SMILES string of the molecule is CCCCCCCCCCCCCCNC(=O)C1(C(N)=NCl)CC1. The van der Waals surface area contributed by atoms with Gasteiger partial charge >= 0.3 is 0 Å². The van der Waals surface area contributed by atoms with Gasteiger partial charge in [0, 0.05) is 18.3 Å². The fourth-order valence-electron chi connectivity index (χ4n) is 3.14. The van der Waals surface area contributed by atoms with Crippen molar-refractivity contribution < 1.29 is 4.79 Å². The van der Waals surface area contributed by atoms with Gasteiger partial charge in [-0.25, -0.2) is 0 Å². The molecule has 24 heavy (non-hydrogen) atoms. The summed E-state index contributed by atoms with van der Waals surface area (Å²) in [5.74, 6) is 0.254. The van der Waals surface area contributed by atoms with E-state index in [4.69, 9.17) is 17.5 Å². The van der Waals surface area contributed by atoms with Gasteiger partial charge in [-0.3, -0.25) is 4.79 Å². The Morgan fingerprint density at radius 2 is 1.42 bits per heavy atom. The first kappa shape index (κ1) is 21.3. The van der Waals surface area contributed by atoms with Crippen LogP contribution in [0.15, 0.2) is 4.51 Å². The normalized spacial score (nSPS) is 16.2. The molecule has 1 rings (SSSR count). The van der Waals surface area contributed by atoms with E-state index in [0.29, 0.717) is 0 Å². The highest BCUT2D eigenvalue weighted by molar-refractivity contribution is 6.23. The molecule has 1 aliphatic rings. The number of unbranched alkanes of at least 4 members (excludes halogenated alkanes) is 11. The lowest BCUT2D eigenvalue weighted by molar-refractivity contribution is -0.124. The van der Waals surface area contributed by atoms with Crippen LogP contribution in [0, 0.1) is 5.41 Å². The molecular weight excluding hydrogens is 322 g/mol. The Bertz CT molecular complexity index is 381. The summed E-state index contributed by atoms with van der Waals surface area (Å²) in [5.41, 5.74) is 5.12. The predicted molar refractivity (Wildman–Crippen MR) is 103 cm³/mol. The number of amides is 1. The molecule has 0 spiro atoms. The monoisotopic (exact) mass is 357 g/mol. The summed E-state index contributed by atoms with van der Waals surface area (Å²) in [6, 6.07) is 0. The molecule has 4 nitrogen and oxygen atoms in total. The second kappa shape index (κ2) is 12.6. The van der Waals surface area contributed by atoms with Gasteiger partial charge in [0.2, 0.25) is 5.91 Å². The van der Waals surface area contributed by atoms with E-state index < -0.39 is 5.41 Å². The van der Waals surface area contributed by atoms with Crippen molar-refractivity contribution in [3.8, 4) is 0 Å². The molecule has 0 unspecified atom stereocenters. The first-order chi connectivity index (χ1) is 11.7. The molecule has 1 amide bonds. The van der Waals surface area contributed by atoms with E-state index in [9.17, 15) is 4.79 Å². The van der Waals surface area contributed by atoms with Gasteiger partial charge in [0.15, 0.2) is 0 Å². The first-order valence-corrected chi connectivity index (χ1v) is 10.2. The van der Waals surface area contributed by atoms with Gasteiger partial charge in [-0.2, -0.15) is 4.51 Å². The average Bonchev–Trinajstić information content (AvgIpc) is 3.40. The molecule has 1 aliphatic carbocycles. The van der Waals surface area contributed by atoms with Gasteiger partial charge in [0.1, 0.15) is 11.3 Å². The molecule has 0 heterocycles. The number of hydrogen-bond acceptors (Lipinski definition) is 2. The Kier molecular flexibility index (Phi) is 11.1. The predicted octanol–water partition coefficient (Wildman–Crippen LogP) is 5.09. The Morgan fingerprint density at radius 3 is 1.83 bits per heavy atom. The molecule has 1 fully saturated rings. The van der Waals surface area contributed by atoms with Crippen LogP contribution in [0.5, 0.6) is 0 Å². The van der Waals surface area contributed by atoms with Gasteiger partial charge in [0.05, 0.1) is 0 Å². The van der Waals surface area contributed by atoms with Gasteiger partial charge < -0.3 is 11.1 Å². The van der Waals surface area contributed by atoms with Crippen molar-refractivity contribution in [3.05, 3.63) is 0 Å². The lowest BCUT2D eigenvalue weighted by Crippen LogP contribution is -2.40. The molecular formula is C19H36ClN3O. The summed E-state index contributed by atoms with van der Waals surface area (Å²) in [7, 11) is 0. The molecule has 0 aromatic carbocycles. The number of rotatable bonds is 15. The van der Waals surface area contributed by atoms with E-state index in [0.717, 1.165) is 25.8 Å². The van der Waals surface area contributed by atoms with E-state index in [1.54, 1.807) is 0 Å². The van der Waals surface area contributed by atoms with Gasteiger partial charge in [-0.05, 0) is 19.3 Å². The molecule has 0 bridgehead atoms. The van der Waals surface area contributed by atoms with Crippen molar-refractivity contribution in [2.75, 3.05) is 6.54 Å². The fourth-order valence-corrected chi connectivity index (χ4v) is 3.30. The minimum Gasteiger partial charge on any atom is -0.385 e. The van der Waals surface area contributed by atoms with Crippen molar-refractivity contribution in [2.45, 2.75) is 96.8 Å². The second-order valence-electron chi connectivity index (χ2n) is 7.20. The van der Waals surface area contributed by atoms with E-state index >= 15 is 0 Å². The first-order valence-electron chi connectivity index (χ1n) is 9.90. The van der Waals surface area contributed by atoms with Crippen molar-refractivity contribution in [2.24, 2.45) is 15.7 Å². The topological polar surface area (TPSA) is 67.5 Å². The molecule has 0 aromatic rings. The van der Waals surface area contributed by atoms with Crippen LogP contribution in [0.25, 0.3) is 0 Å². The third-order valence-corrected chi connectivity index (χ3v) is 5.26. The minimum atomic E-state index is -0.598. The van der Waals surface area contributed by atoms with E-state index in [2.05, 4.69) is 16.8 Å². The smallest absolute Gasteiger partial charge is 0.233 e. The average molecular weight is 358 g/mol. The van der Waals surface area contributed by atoms with Crippen molar-refractivity contribution in [3.63, 3.8) is 0 Å². The standard InChI is InChI=1S/C19H36ClN3O/c1-2-3-4-5-6-7-8-9-10-11-12-13-16-22-18(24)19(14-15-19)17(21)23-20/h2-16H2,1H3,(H2,21,23)(H,22,24). The highest BCUT2D eigenvalue weighted by atomic mass is 35.5. The van der Waals surface area contributed by atoms with E-state index in [1.165, 1.54) is 70.6 Å². The quantitative estimate of drug-likeness (QED) is 0.243. The molecule has 5 heteroatoms. The lowest BCUT2D eigenvalue weighted by atomic mass is 10.0. The lowest BCUT2D eigenvalue weighted by Gasteiger charge is -2.13. The number of nitrogens with one attached hydrogen (secondary N) is 1. The molecule has 3 N–H and O–H groups in total. The van der Waals surface area contributed by atoms with Crippen LogP contribution >= 0.6 is 11.8 Å². The Balaban J connectivity index is 1.87. The fraction of sp³-hybridized carbons (Fsp3) is 0.895. The van der Waals surface area contributed by atoms with E-state index in [1.807, 2.05) is 0 Å². The molecule has 1 saturated carbocycles. The Hall–Kier alpha value is -0.770. The van der Waals surface area contributed by atoms with Crippen LogP contribution in [0.3, 0.4) is 0 Å². The van der Waals surface area contributed by atoms with Crippen LogP contribution in [-0.2, 0) is 4.79 Å². The summed E-state index contributed by atoms with van der Waals surface area (Å²) >= 11 is 5.39. The zero-order valence-electron chi connectivity index (χ0n) is 15.4. The largest absolute Gasteiger partial charge is 0.385 e. The number of amidine groups is 1. The van der Waals surface area contributed by atoms with E-state index in [-0.39, 0.29) is 11.7 Å².